The molecule has 0 spiro atoms. The number of nitrogen functional groups attached to an aromatic ring is 1. The molecule has 0 fully saturated rings. The summed E-state index contributed by atoms with van der Waals surface area (Å²) in [5.74, 6) is 0.765. The van der Waals surface area contributed by atoms with Crippen molar-refractivity contribution in [2.45, 2.75) is 0 Å². The molecular formula is C13H12BrClN2O. The molecule has 0 bridgehead atoms. The van der Waals surface area contributed by atoms with Crippen LogP contribution in [0, 0.1) is 0 Å². The Balaban J connectivity index is 2.36. The highest BCUT2D eigenvalue weighted by molar-refractivity contribution is 9.10. The maximum absolute atomic E-state index is 5.98. The third kappa shape index (κ3) is 2.71. The molecule has 0 heterocycles. The van der Waals surface area contributed by atoms with Crippen LogP contribution in [0.3, 0.4) is 0 Å². The zero-order valence-electron chi connectivity index (χ0n) is 9.71. The number of hydrogen-bond donors (Lipinski definition) is 2. The summed E-state index contributed by atoms with van der Waals surface area (Å²) in [4.78, 5) is 0. The Morgan fingerprint density at radius 3 is 2.72 bits per heavy atom. The van der Waals surface area contributed by atoms with Crippen LogP contribution in [0.25, 0.3) is 0 Å². The van der Waals surface area contributed by atoms with Crippen molar-refractivity contribution in [1.29, 1.82) is 0 Å². The van der Waals surface area contributed by atoms with Gasteiger partial charge in [-0.2, -0.15) is 0 Å². The molecule has 2 rings (SSSR count). The van der Waals surface area contributed by atoms with Gasteiger partial charge in [0.25, 0.3) is 0 Å². The van der Waals surface area contributed by atoms with Crippen molar-refractivity contribution in [1.82, 2.24) is 0 Å². The zero-order valence-corrected chi connectivity index (χ0v) is 12.0. The van der Waals surface area contributed by atoms with E-state index in [1.54, 1.807) is 13.2 Å². The fourth-order valence-electron chi connectivity index (χ4n) is 1.52. The third-order valence-electron chi connectivity index (χ3n) is 2.50. The quantitative estimate of drug-likeness (QED) is 0.819. The fourth-order valence-corrected chi connectivity index (χ4v) is 2.04. The number of rotatable bonds is 3. The van der Waals surface area contributed by atoms with E-state index in [-0.39, 0.29) is 0 Å². The minimum absolute atomic E-state index is 0.522. The zero-order chi connectivity index (χ0) is 13.1. The summed E-state index contributed by atoms with van der Waals surface area (Å²) >= 11 is 9.45. The molecule has 94 valence electrons. The molecule has 2 aromatic rings. The molecule has 3 N–H and O–H groups in total. The summed E-state index contributed by atoms with van der Waals surface area (Å²) in [5, 5.41) is 3.75. The second-order valence-corrected chi connectivity index (χ2v) is 4.93. The van der Waals surface area contributed by atoms with Crippen LogP contribution in [0.1, 0.15) is 0 Å². The molecule has 0 aliphatic carbocycles. The lowest BCUT2D eigenvalue weighted by Gasteiger charge is -2.12. The highest BCUT2D eigenvalue weighted by atomic mass is 79.9. The molecule has 2 aromatic carbocycles. The van der Waals surface area contributed by atoms with E-state index in [0.29, 0.717) is 10.7 Å². The highest BCUT2D eigenvalue weighted by Crippen LogP contribution is 2.34. The molecule has 0 radical (unpaired) electrons. The van der Waals surface area contributed by atoms with Gasteiger partial charge in [0.15, 0.2) is 0 Å². The van der Waals surface area contributed by atoms with Crippen LogP contribution in [0.4, 0.5) is 17.1 Å². The molecule has 0 saturated carbocycles. The number of methoxy groups -OCH3 is 1. The Morgan fingerprint density at radius 1 is 1.22 bits per heavy atom. The minimum atomic E-state index is 0.522. The van der Waals surface area contributed by atoms with E-state index in [9.17, 15) is 0 Å². The van der Waals surface area contributed by atoms with Crippen molar-refractivity contribution in [3.63, 3.8) is 0 Å². The maximum atomic E-state index is 5.98. The summed E-state index contributed by atoms with van der Waals surface area (Å²) in [6.07, 6.45) is 0. The summed E-state index contributed by atoms with van der Waals surface area (Å²) in [6.45, 7) is 0. The predicted octanol–water partition coefficient (Wildman–Crippen LogP) is 4.44. The molecule has 0 aromatic heterocycles. The molecule has 3 nitrogen and oxygen atoms in total. The first-order valence-electron chi connectivity index (χ1n) is 5.26. The van der Waals surface area contributed by atoms with E-state index in [4.69, 9.17) is 22.1 Å². The topological polar surface area (TPSA) is 47.3 Å². The average Bonchev–Trinajstić information content (AvgIpc) is 2.37. The SMILES string of the molecule is COc1ccc(Br)c(Nc2cccc(Cl)c2N)c1. The number of ether oxygens (including phenoxy) is 1. The molecular weight excluding hydrogens is 316 g/mol. The number of benzene rings is 2. The molecule has 0 unspecified atom stereocenters. The first-order chi connectivity index (χ1) is 8.61. The Kier molecular flexibility index (Phi) is 3.99. The van der Waals surface area contributed by atoms with Gasteiger partial charge in [0, 0.05) is 10.5 Å². The van der Waals surface area contributed by atoms with Gasteiger partial charge in [0.2, 0.25) is 0 Å². The maximum Gasteiger partial charge on any atom is 0.121 e. The van der Waals surface area contributed by atoms with E-state index in [0.717, 1.165) is 21.6 Å². The number of hydrogen-bond acceptors (Lipinski definition) is 3. The Hall–Kier alpha value is -1.39. The van der Waals surface area contributed by atoms with Gasteiger partial charge < -0.3 is 15.8 Å². The van der Waals surface area contributed by atoms with Gasteiger partial charge in [-0.1, -0.05) is 17.7 Å². The third-order valence-corrected chi connectivity index (χ3v) is 3.52. The Bertz CT molecular complexity index is 575. The molecule has 18 heavy (non-hydrogen) atoms. The van der Waals surface area contributed by atoms with E-state index in [1.807, 2.05) is 30.3 Å². The molecule has 0 atom stereocenters. The van der Waals surface area contributed by atoms with Gasteiger partial charge in [0.05, 0.1) is 29.2 Å². The van der Waals surface area contributed by atoms with Crippen LogP contribution >= 0.6 is 27.5 Å². The van der Waals surface area contributed by atoms with Crippen molar-refractivity contribution in [3.05, 3.63) is 45.9 Å². The summed E-state index contributed by atoms with van der Waals surface area (Å²) < 4.78 is 6.10. The number of para-hydroxylation sites is 1. The number of anilines is 3. The summed E-state index contributed by atoms with van der Waals surface area (Å²) in [6, 6.07) is 11.1. The number of nitrogens with one attached hydrogen (secondary N) is 1. The van der Waals surface area contributed by atoms with Crippen LogP contribution in [-0.4, -0.2) is 7.11 Å². The smallest absolute Gasteiger partial charge is 0.121 e. The second-order valence-electron chi connectivity index (χ2n) is 3.67. The van der Waals surface area contributed by atoms with Crippen LogP contribution in [0.15, 0.2) is 40.9 Å². The Labute approximate surface area is 119 Å². The van der Waals surface area contributed by atoms with Crippen molar-refractivity contribution >= 4 is 44.6 Å². The second kappa shape index (κ2) is 5.50. The minimum Gasteiger partial charge on any atom is -0.497 e. The van der Waals surface area contributed by atoms with Gasteiger partial charge in [-0.15, -0.1) is 0 Å². The van der Waals surface area contributed by atoms with E-state index in [2.05, 4.69) is 21.2 Å². The van der Waals surface area contributed by atoms with Crippen molar-refractivity contribution in [3.8, 4) is 5.75 Å². The van der Waals surface area contributed by atoms with E-state index in [1.165, 1.54) is 0 Å². The molecule has 0 amide bonds. The molecule has 5 heteroatoms. The molecule has 0 aliphatic rings. The monoisotopic (exact) mass is 326 g/mol. The molecule has 0 aliphatic heterocycles. The van der Waals surface area contributed by atoms with Crippen LogP contribution in [-0.2, 0) is 0 Å². The predicted molar refractivity (Wildman–Crippen MR) is 79.8 cm³/mol. The average molecular weight is 328 g/mol. The molecule has 0 saturated heterocycles. The van der Waals surface area contributed by atoms with Gasteiger partial charge in [-0.3, -0.25) is 0 Å². The number of halogens is 2. The van der Waals surface area contributed by atoms with Gasteiger partial charge in [-0.05, 0) is 40.2 Å². The van der Waals surface area contributed by atoms with E-state index >= 15 is 0 Å². The normalized spacial score (nSPS) is 10.2. The van der Waals surface area contributed by atoms with Crippen molar-refractivity contribution in [2.75, 3.05) is 18.2 Å². The van der Waals surface area contributed by atoms with E-state index < -0.39 is 0 Å². The van der Waals surface area contributed by atoms with Crippen molar-refractivity contribution < 1.29 is 4.74 Å². The lowest BCUT2D eigenvalue weighted by Crippen LogP contribution is -1.98. The first-order valence-corrected chi connectivity index (χ1v) is 6.43. The van der Waals surface area contributed by atoms with Crippen LogP contribution < -0.4 is 15.8 Å². The van der Waals surface area contributed by atoms with Crippen LogP contribution in [0.2, 0.25) is 5.02 Å². The standard InChI is InChI=1S/C13H12BrClN2O/c1-18-8-5-6-9(14)12(7-8)17-11-4-2-3-10(15)13(11)16/h2-7,17H,16H2,1H3. The lowest BCUT2D eigenvalue weighted by molar-refractivity contribution is 0.415. The summed E-state index contributed by atoms with van der Waals surface area (Å²) in [7, 11) is 1.63. The first kappa shape index (κ1) is 13.1. The van der Waals surface area contributed by atoms with Gasteiger partial charge >= 0.3 is 0 Å². The number of nitrogens with two attached hydrogens (primary N) is 1. The van der Waals surface area contributed by atoms with Gasteiger partial charge in [-0.25, -0.2) is 0 Å². The largest absolute Gasteiger partial charge is 0.497 e. The highest BCUT2D eigenvalue weighted by Gasteiger charge is 2.06. The Morgan fingerprint density at radius 2 is 2.00 bits per heavy atom. The van der Waals surface area contributed by atoms with Crippen LogP contribution in [0.5, 0.6) is 5.75 Å². The van der Waals surface area contributed by atoms with Crippen molar-refractivity contribution in [2.24, 2.45) is 0 Å². The van der Waals surface area contributed by atoms with Gasteiger partial charge in [0.1, 0.15) is 5.75 Å². The fraction of sp³-hybridized carbons (Fsp3) is 0.0769. The lowest BCUT2D eigenvalue weighted by atomic mass is 10.2. The summed E-state index contributed by atoms with van der Waals surface area (Å²) in [5.41, 5.74) is 8.06.